The first-order valence-electron chi connectivity index (χ1n) is 13.1. The van der Waals surface area contributed by atoms with E-state index < -0.39 is 23.1 Å². The van der Waals surface area contributed by atoms with E-state index in [0.717, 1.165) is 17.2 Å². The molecule has 1 saturated carbocycles. The molecule has 0 unspecified atom stereocenters. The number of benzene rings is 3. The van der Waals surface area contributed by atoms with E-state index in [0.29, 0.717) is 61.4 Å². The number of hydrogen-bond acceptors (Lipinski definition) is 3. The van der Waals surface area contributed by atoms with Crippen molar-refractivity contribution in [3.05, 3.63) is 101 Å². The minimum Gasteiger partial charge on any atom is -0.369 e. The Kier molecular flexibility index (Phi) is 7.87. The van der Waals surface area contributed by atoms with Crippen molar-refractivity contribution in [1.82, 2.24) is 10.0 Å². The van der Waals surface area contributed by atoms with E-state index in [2.05, 4.69) is 4.90 Å². The van der Waals surface area contributed by atoms with E-state index in [9.17, 15) is 18.0 Å². The Morgan fingerprint density at radius 2 is 1.64 bits per heavy atom. The topological polar surface area (TPSA) is 26.8 Å². The summed E-state index contributed by atoms with van der Waals surface area (Å²) < 4.78 is 54.7. The van der Waals surface area contributed by atoms with Crippen molar-refractivity contribution < 1.29 is 22.4 Å². The van der Waals surface area contributed by atoms with Crippen LogP contribution in [0.1, 0.15) is 23.1 Å². The fourth-order valence-electron chi connectivity index (χ4n) is 5.61. The van der Waals surface area contributed by atoms with Crippen LogP contribution in [0.25, 0.3) is 0 Å². The van der Waals surface area contributed by atoms with E-state index in [1.807, 2.05) is 35.2 Å². The zero-order valence-corrected chi connectivity index (χ0v) is 22.1. The SMILES string of the molecule is O=C(N(F)CCc1ccccc1)[C@@]1(c2ccc(Cl)cc2)C[C@H]1CN1CCN(c2cccc(C(F)(F)F)c2)CC1. The molecule has 0 spiro atoms. The third kappa shape index (κ3) is 6.07. The van der Waals surface area contributed by atoms with Gasteiger partial charge in [-0.2, -0.15) is 18.3 Å². The van der Waals surface area contributed by atoms with Gasteiger partial charge in [0.2, 0.25) is 0 Å². The maximum atomic E-state index is 15.2. The molecule has 4 nitrogen and oxygen atoms in total. The van der Waals surface area contributed by atoms with Gasteiger partial charge in [-0.3, -0.25) is 9.69 Å². The quantitative estimate of drug-likeness (QED) is 0.236. The fourth-order valence-corrected chi connectivity index (χ4v) is 5.73. The minimum atomic E-state index is -4.38. The van der Waals surface area contributed by atoms with Crippen molar-refractivity contribution in [3.63, 3.8) is 0 Å². The number of piperazine rings is 1. The Bertz CT molecular complexity index is 1280. The van der Waals surface area contributed by atoms with Gasteiger partial charge >= 0.3 is 6.18 Å². The van der Waals surface area contributed by atoms with Crippen molar-refractivity contribution in [2.24, 2.45) is 5.92 Å². The second kappa shape index (κ2) is 11.2. The second-order valence-corrected chi connectivity index (χ2v) is 10.8. The van der Waals surface area contributed by atoms with Gasteiger partial charge in [-0.05, 0) is 60.2 Å². The first kappa shape index (κ1) is 27.5. The van der Waals surface area contributed by atoms with Gasteiger partial charge < -0.3 is 4.90 Å². The Morgan fingerprint density at radius 1 is 0.949 bits per heavy atom. The zero-order chi connectivity index (χ0) is 27.6. The summed E-state index contributed by atoms with van der Waals surface area (Å²) >= 11 is 6.09. The highest BCUT2D eigenvalue weighted by molar-refractivity contribution is 6.30. The zero-order valence-electron chi connectivity index (χ0n) is 21.4. The first-order valence-corrected chi connectivity index (χ1v) is 13.5. The van der Waals surface area contributed by atoms with Crippen LogP contribution in [0.15, 0.2) is 78.9 Å². The molecule has 5 rings (SSSR count). The van der Waals surface area contributed by atoms with Gasteiger partial charge in [0.1, 0.15) is 0 Å². The van der Waals surface area contributed by atoms with E-state index in [1.54, 1.807) is 30.3 Å². The maximum absolute atomic E-state index is 15.2. The fraction of sp³-hybridized carbons (Fsp3) is 0.367. The number of carbonyl (C=O) groups excluding carboxylic acids is 1. The summed E-state index contributed by atoms with van der Waals surface area (Å²) in [5, 5.41) is 0.901. The van der Waals surface area contributed by atoms with Gasteiger partial charge in [-0.1, -0.05) is 64.6 Å². The van der Waals surface area contributed by atoms with E-state index in [1.165, 1.54) is 12.1 Å². The Morgan fingerprint density at radius 3 is 2.31 bits per heavy atom. The molecule has 0 bridgehead atoms. The largest absolute Gasteiger partial charge is 0.416 e. The highest BCUT2D eigenvalue weighted by Crippen LogP contribution is 2.56. The van der Waals surface area contributed by atoms with Crippen molar-refractivity contribution in [3.8, 4) is 0 Å². The molecule has 3 aromatic carbocycles. The predicted octanol–water partition coefficient (Wildman–Crippen LogP) is 6.39. The van der Waals surface area contributed by atoms with Crippen LogP contribution >= 0.6 is 11.6 Å². The third-order valence-corrected chi connectivity index (χ3v) is 8.15. The Hall–Kier alpha value is -3.10. The number of hydrogen-bond donors (Lipinski definition) is 0. The summed E-state index contributed by atoms with van der Waals surface area (Å²) in [5.41, 5.74) is 0.655. The molecule has 1 saturated heterocycles. The van der Waals surface area contributed by atoms with E-state index in [4.69, 9.17) is 11.6 Å². The van der Waals surface area contributed by atoms with Crippen molar-refractivity contribution in [2.45, 2.75) is 24.4 Å². The molecule has 1 amide bonds. The first-order chi connectivity index (χ1) is 18.7. The number of nitrogens with zero attached hydrogens (tertiary/aromatic N) is 3. The molecular formula is C30H30ClF4N3O. The molecule has 39 heavy (non-hydrogen) atoms. The van der Waals surface area contributed by atoms with Gasteiger partial charge in [0.05, 0.1) is 17.5 Å². The normalized spacial score (nSPS) is 21.6. The van der Waals surface area contributed by atoms with Crippen molar-refractivity contribution in [1.29, 1.82) is 0 Å². The van der Waals surface area contributed by atoms with Crippen molar-refractivity contribution in [2.75, 3.05) is 44.2 Å². The summed E-state index contributed by atoms with van der Waals surface area (Å²) in [5.74, 6) is -0.602. The van der Waals surface area contributed by atoms with Crippen LogP contribution in [-0.4, -0.2) is 55.2 Å². The van der Waals surface area contributed by atoms with Crippen LogP contribution in [0.4, 0.5) is 23.3 Å². The van der Waals surface area contributed by atoms with E-state index in [-0.39, 0.29) is 12.5 Å². The summed E-state index contributed by atoms with van der Waals surface area (Å²) in [6, 6.07) is 21.9. The number of halogens is 5. The van der Waals surface area contributed by atoms with Crippen LogP contribution in [0.3, 0.4) is 0 Å². The van der Waals surface area contributed by atoms with Crippen LogP contribution in [0.5, 0.6) is 0 Å². The standard InChI is InChI=1S/C30H30ClF4N3O/c31-26-11-9-23(10-12-26)29(28(39)38(35)14-13-22-5-2-1-3-6-22)20-25(29)21-36-15-17-37(18-16-36)27-8-4-7-24(19-27)30(32,33)34/h1-12,19,25H,13-18,20-21H2/t25-,29+/m0/s1. The molecule has 0 aromatic heterocycles. The molecule has 2 fully saturated rings. The number of rotatable bonds is 8. The molecule has 2 aliphatic rings. The average molecular weight is 560 g/mol. The molecule has 1 aliphatic heterocycles. The van der Waals surface area contributed by atoms with Gasteiger partial charge in [-0.15, -0.1) is 0 Å². The maximum Gasteiger partial charge on any atom is 0.416 e. The van der Waals surface area contributed by atoms with Crippen LogP contribution in [0.2, 0.25) is 5.02 Å². The van der Waals surface area contributed by atoms with Crippen LogP contribution in [0, 0.1) is 5.92 Å². The number of alkyl halides is 3. The summed E-state index contributed by atoms with van der Waals surface area (Å²) in [4.78, 5) is 17.7. The smallest absolute Gasteiger partial charge is 0.369 e. The summed E-state index contributed by atoms with van der Waals surface area (Å²) in [6.45, 7) is 3.01. The average Bonchev–Trinajstić information content (AvgIpc) is 3.66. The monoisotopic (exact) mass is 559 g/mol. The molecule has 1 heterocycles. The van der Waals surface area contributed by atoms with Gasteiger partial charge in [0, 0.05) is 43.4 Å². The lowest BCUT2D eigenvalue weighted by Gasteiger charge is -2.36. The number of anilines is 1. The van der Waals surface area contributed by atoms with Gasteiger partial charge in [0.25, 0.3) is 5.91 Å². The predicted molar refractivity (Wildman–Crippen MR) is 144 cm³/mol. The lowest BCUT2D eigenvalue weighted by Crippen LogP contribution is -2.48. The van der Waals surface area contributed by atoms with Crippen molar-refractivity contribution >= 4 is 23.2 Å². The molecule has 9 heteroatoms. The van der Waals surface area contributed by atoms with Crippen LogP contribution < -0.4 is 4.90 Å². The summed E-state index contributed by atoms with van der Waals surface area (Å²) in [6.07, 6.45) is -3.43. The third-order valence-electron chi connectivity index (χ3n) is 7.90. The lowest BCUT2D eigenvalue weighted by molar-refractivity contribution is -0.150. The molecule has 1 aliphatic carbocycles. The molecule has 0 N–H and O–H groups in total. The van der Waals surface area contributed by atoms with Gasteiger partial charge in [0.15, 0.2) is 0 Å². The molecule has 2 atom stereocenters. The Balaban J connectivity index is 1.24. The Labute approximate surface area is 230 Å². The highest BCUT2D eigenvalue weighted by atomic mass is 35.5. The second-order valence-electron chi connectivity index (χ2n) is 10.3. The lowest BCUT2D eigenvalue weighted by atomic mass is 9.91. The van der Waals surface area contributed by atoms with E-state index >= 15 is 4.48 Å². The highest BCUT2D eigenvalue weighted by Gasteiger charge is 2.62. The summed E-state index contributed by atoms with van der Waals surface area (Å²) in [7, 11) is 0. The van der Waals surface area contributed by atoms with Crippen LogP contribution in [-0.2, 0) is 22.8 Å². The molecule has 206 valence electrons. The van der Waals surface area contributed by atoms with Gasteiger partial charge in [-0.25, -0.2) is 0 Å². The molecule has 3 aromatic rings. The molecular weight excluding hydrogens is 530 g/mol. The minimum absolute atomic E-state index is 0.0272. The number of amides is 1. The molecule has 0 radical (unpaired) electrons. The number of carbonyl (C=O) groups is 1.